The lowest BCUT2D eigenvalue weighted by Gasteiger charge is -2.05. The second-order valence-corrected chi connectivity index (χ2v) is 4.57. The zero-order valence-corrected chi connectivity index (χ0v) is 12.3. The number of pyridine rings is 1. The number of nitro benzene ring substituents is 1. The summed E-state index contributed by atoms with van der Waals surface area (Å²) in [6, 6.07) is 9.48. The minimum absolute atomic E-state index is 0.145. The van der Waals surface area contributed by atoms with Gasteiger partial charge in [-0.2, -0.15) is 0 Å². The molecule has 0 aliphatic rings. The largest absolute Gasteiger partial charge is 0.487 e. The monoisotopic (exact) mass is 302 g/mol. The van der Waals surface area contributed by atoms with Crippen molar-refractivity contribution in [1.29, 1.82) is 0 Å². The molecule has 0 radical (unpaired) electrons. The van der Waals surface area contributed by atoms with Crippen LogP contribution in [0.2, 0.25) is 0 Å². The van der Waals surface area contributed by atoms with Crippen LogP contribution in [0.1, 0.15) is 23.0 Å². The van der Waals surface area contributed by atoms with Crippen molar-refractivity contribution in [3.05, 3.63) is 57.8 Å². The SMILES string of the molecule is CCOc1ccc(C(=O)Nc2cccc(C)[nH+]2)cc1[N+](=O)[O-]. The number of aryl methyl sites for hydroxylation is 1. The molecule has 2 aromatic rings. The number of ether oxygens (including phenoxy) is 1. The number of benzene rings is 1. The maximum Gasteiger partial charge on any atom is 0.339 e. The summed E-state index contributed by atoms with van der Waals surface area (Å²) in [6.07, 6.45) is 0. The molecule has 0 aliphatic heterocycles. The van der Waals surface area contributed by atoms with E-state index in [1.165, 1.54) is 18.2 Å². The van der Waals surface area contributed by atoms with Gasteiger partial charge in [0.15, 0.2) is 5.75 Å². The molecule has 0 saturated carbocycles. The number of amides is 1. The molecular formula is C15H16N3O4+. The maximum atomic E-state index is 12.2. The number of carbonyl (C=O) groups is 1. The standard InChI is InChI=1S/C15H15N3O4/c1-3-22-13-8-7-11(9-12(13)18(20)21)15(19)17-14-6-4-5-10(2)16-14/h4-9H,3H2,1-2H3,(H,16,17,19)/p+1. The van der Waals surface area contributed by atoms with E-state index in [0.29, 0.717) is 12.4 Å². The summed E-state index contributed by atoms with van der Waals surface area (Å²) in [5.41, 5.74) is 0.836. The number of nitrogens with one attached hydrogen (secondary N) is 2. The van der Waals surface area contributed by atoms with E-state index >= 15 is 0 Å². The molecule has 0 aliphatic carbocycles. The molecule has 114 valence electrons. The second-order valence-electron chi connectivity index (χ2n) is 4.57. The Labute approximate surface area is 127 Å². The fourth-order valence-corrected chi connectivity index (χ4v) is 1.93. The molecule has 1 heterocycles. The van der Waals surface area contributed by atoms with Crippen LogP contribution in [-0.2, 0) is 0 Å². The number of nitrogens with zero attached hydrogens (tertiary/aromatic N) is 1. The van der Waals surface area contributed by atoms with Crippen LogP contribution < -0.4 is 15.0 Å². The van der Waals surface area contributed by atoms with E-state index in [1.807, 2.05) is 13.0 Å². The van der Waals surface area contributed by atoms with Gasteiger partial charge in [0, 0.05) is 12.1 Å². The number of hydrogen-bond donors (Lipinski definition) is 1. The van der Waals surface area contributed by atoms with Crippen LogP contribution in [0.5, 0.6) is 5.75 Å². The van der Waals surface area contributed by atoms with Crippen molar-refractivity contribution in [3.63, 3.8) is 0 Å². The van der Waals surface area contributed by atoms with E-state index < -0.39 is 10.8 Å². The Morgan fingerprint density at radius 3 is 2.77 bits per heavy atom. The zero-order chi connectivity index (χ0) is 16.1. The lowest BCUT2D eigenvalue weighted by molar-refractivity contribution is -0.385. The van der Waals surface area contributed by atoms with Crippen LogP contribution in [0.3, 0.4) is 0 Å². The molecule has 2 N–H and O–H groups in total. The number of rotatable bonds is 5. The lowest BCUT2D eigenvalue weighted by atomic mass is 10.1. The van der Waals surface area contributed by atoms with Crippen molar-refractivity contribution >= 4 is 17.4 Å². The normalized spacial score (nSPS) is 10.1. The zero-order valence-electron chi connectivity index (χ0n) is 12.3. The molecule has 0 unspecified atom stereocenters. The van der Waals surface area contributed by atoms with Gasteiger partial charge in [0.25, 0.3) is 5.82 Å². The molecule has 1 aromatic carbocycles. The maximum absolute atomic E-state index is 12.2. The fourth-order valence-electron chi connectivity index (χ4n) is 1.93. The predicted molar refractivity (Wildman–Crippen MR) is 80.0 cm³/mol. The summed E-state index contributed by atoms with van der Waals surface area (Å²) >= 11 is 0. The molecule has 0 bridgehead atoms. The molecular weight excluding hydrogens is 286 g/mol. The van der Waals surface area contributed by atoms with Crippen LogP contribution >= 0.6 is 0 Å². The first-order chi connectivity index (χ1) is 10.5. The summed E-state index contributed by atoms with van der Waals surface area (Å²) in [5, 5.41) is 13.7. The summed E-state index contributed by atoms with van der Waals surface area (Å²) in [7, 11) is 0. The van der Waals surface area contributed by atoms with Crippen LogP contribution in [0, 0.1) is 17.0 Å². The van der Waals surface area contributed by atoms with E-state index in [-0.39, 0.29) is 17.0 Å². The van der Waals surface area contributed by atoms with Crippen LogP contribution in [0.4, 0.5) is 11.5 Å². The Morgan fingerprint density at radius 2 is 2.14 bits per heavy atom. The number of aromatic nitrogens is 1. The van der Waals surface area contributed by atoms with Gasteiger partial charge < -0.3 is 4.74 Å². The summed E-state index contributed by atoms with van der Waals surface area (Å²) in [4.78, 5) is 25.7. The number of anilines is 1. The first kappa shape index (κ1) is 15.4. The molecule has 1 amide bonds. The highest BCUT2D eigenvalue weighted by Crippen LogP contribution is 2.28. The molecule has 22 heavy (non-hydrogen) atoms. The van der Waals surface area contributed by atoms with Gasteiger partial charge >= 0.3 is 11.6 Å². The fraction of sp³-hybridized carbons (Fsp3) is 0.200. The van der Waals surface area contributed by atoms with Gasteiger partial charge in [-0.25, -0.2) is 15.1 Å². The average Bonchev–Trinajstić information content (AvgIpc) is 2.47. The van der Waals surface area contributed by atoms with Gasteiger partial charge in [0.05, 0.1) is 22.8 Å². The van der Waals surface area contributed by atoms with Crippen molar-refractivity contribution < 1.29 is 19.4 Å². The van der Waals surface area contributed by atoms with Gasteiger partial charge in [-0.3, -0.25) is 10.1 Å². The van der Waals surface area contributed by atoms with E-state index in [0.717, 1.165) is 5.69 Å². The summed E-state index contributed by atoms with van der Waals surface area (Å²) in [5.74, 6) is 0.223. The third-order valence-corrected chi connectivity index (χ3v) is 2.91. The second kappa shape index (κ2) is 6.66. The molecule has 0 spiro atoms. The number of H-pyrrole nitrogens is 1. The number of nitro groups is 1. The first-order valence-electron chi connectivity index (χ1n) is 6.72. The van der Waals surface area contributed by atoms with Crippen molar-refractivity contribution in [1.82, 2.24) is 0 Å². The van der Waals surface area contributed by atoms with E-state index in [2.05, 4.69) is 10.3 Å². The summed E-state index contributed by atoms with van der Waals surface area (Å²) in [6.45, 7) is 3.90. The third-order valence-electron chi connectivity index (χ3n) is 2.91. The first-order valence-corrected chi connectivity index (χ1v) is 6.72. The summed E-state index contributed by atoms with van der Waals surface area (Å²) < 4.78 is 5.19. The van der Waals surface area contributed by atoms with E-state index in [9.17, 15) is 14.9 Å². The smallest absolute Gasteiger partial charge is 0.339 e. The van der Waals surface area contributed by atoms with Crippen molar-refractivity contribution in [2.45, 2.75) is 13.8 Å². The van der Waals surface area contributed by atoms with Gasteiger partial charge in [-0.15, -0.1) is 0 Å². The average molecular weight is 302 g/mol. The van der Waals surface area contributed by atoms with Crippen LogP contribution in [-0.4, -0.2) is 17.4 Å². The third kappa shape index (κ3) is 3.57. The van der Waals surface area contributed by atoms with Gasteiger partial charge in [-0.05, 0) is 32.0 Å². The Bertz CT molecular complexity index is 716. The van der Waals surface area contributed by atoms with E-state index in [1.54, 1.807) is 19.1 Å². The number of carbonyl (C=O) groups excluding carboxylic acids is 1. The van der Waals surface area contributed by atoms with Crippen molar-refractivity contribution in [2.75, 3.05) is 11.9 Å². The molecule has 7 nitrogen and oxygen atoms in total. The molecule has 0 atom stereocenters. The Morgan fingerprint density at radius 1 is 1.36 bits per heavy atom. The van der Waals surface area contributed by atoms with E-state index in [4.69, 9.17) is 4.74 Å². The molecule has 1 aromatic heterocycles. The van der Waals surface area contributed by atoms with Crippen LogP contribution in [0.25, 0.3) is 0 Å². The van der Waals surface area contributed by atoms with Gasteiger partial charge in [0.1, 0.15) is 0 Å². The lowest BCUT2D eigenvalue weighted by Crippen LogP contribution is -2.21. The number of hydrogen-bond acceptors (Lipinski definition) is 4. The topological polar surface area (TPSA) is 95.6 Å². The molecule has 0 fully saturated rings. The van der Waals surface area contributed by atoms with Crippen molar-refractivity contribution in [3.8, 4) is 5.75 Å². The quantitative estimate of drug-likeness (QED) is 0.677. The molecule has 2 rings (SSSR count). The Kier molecular flexibility index (Phi) is 4.67. The Balaban J connectivity index is 2.26. The number of aromatic amines is 1. The van der Waals surface area contributed by atoms with Crippen molar-refractivity contribution in [2.24, 2.45) is 0 Å². The van der Waals surface area contributed by atoms with Gasteiger partial charge in [-0.1, -0.05) is 6.07 Å². The minimum Gasteiger partial charge on any atom is -0.487 e. The Hall–Kier alpha value is -2.96. The van der Waals surface area contributed by atoms with Crippen LogP contribution in [0.15, 0.2) is 36.4 Å². The molecule has 0 saturated heterocycles. The van der Waals surface area contributed by atoms with Gasteiger partial charge in [0.2, 0.25) is 0 Å². The highest BCUT2D eigenvalue weighted by Gasteiger charge is 2.21. The predicted octanol–water partition coefficient (Wildman–Crippen LogP) is 2.37. The molecule has 7 heteroatoms. The highest BCUT2D eigenvalue weighted by molar-refractivity contribution is 6.04. The highest BCUT2D eigenvalue weighted by atomic mass is 16.6. The minimum atomic E-state index is -0.569.